The molecule has 170 valence electrons. The van der Waals surface area contributed by atoms with Gasteiger partial charge in [-0.15, -0.1) is 0 Å². The van der Waals surface area contributed by atoms with Crippen molar-refractivity contribution in [1.82, 2.24) is 10.3 Å². The van der Waals surface area contributed by atoms with E-state index in [4.69, 9.17) is 9.47 Å². The van der Waals surface area contributed by atoms with E-state index >= 15 is 0 Å². The van der Waals surface area contributed by atoms with E-state index in [0.29, 0.717) is 17.5 Å². The normalized spacial score (nSPS) is 13.9. The summed E-state index contributed by atoms with van der Waals surface area (Å²) in [5.74, 6) is -0.743. The van der Waals surface area contributed by atoms with Crippen LogP contribution < -0.4 is 5.32 Å². The van der Waals surface area contributed by atoms with Crippen LogP contribution >= 0.6 is 0 Å². The second kappa shape index (κ2) is 8.90. The van der Waals surface area contributed by atoms with Gasteiger partial charge in [0.15, 0.2) is 11.5 Å². The summed E-state index contributed by atoms with van der Waals surface area (Å²) in [5.41, 5.74) is 1.05. The lowest BCUT2D eigenvalue weighted by molar-refractivity contribution is 0.0528. The zero-order valence-electron chi connectivity index (χ0n) is 18.9. The molecular weight excluding hydrogens is 412 g/mol. The lowest BCUT2D eigenvalue weighted by Gasteiger charge is -2.22. The van der Waals surface area contributed by atoms with Crippen molar-refractivity contribution in [1.29, 1.82) is 0 Å². The maximum Gasteiger partial charge on any atom is 0.407 e. The van der Waals surface area contributed by atoms with Gasteiger partial charge in [-0.2, -0.15) is 0 Å². The number of aromatic hydroxyl groups is 1. The highest BCUT2D eigenvalue weighted by Gasteiger charge is 2.37. The Morgan fingerprint density at radius 2 is 1.78 bits per heavy atom. The number of aromatic amines is 1. The number of carbonyl (C=O) groups excluding carboxylic acids is 3. The first kappa shape index (κ1) is 23.1. The van der Waals surface area contributed by atoms with E-state index in [1.54, 1.807) is 52.9 Å². The fourth-order valence-electron chi connectivity index (χ4n) is 3.41. The average molecular weight is 440 g/mol. The van der Waals surface area contributed by atoms with E-state index in [2.05, 4.69) is 10.3 Å². The van der Waals surface area contributed by atoms with Gasteiger partial charge in [-0.3, -0.25) is 9.59 Å². The zero-order valence-corrected chi connectivity index (χ0v) is 18.9. The first-order chi connectivity index (χ1) is 15.0. The van der Waals surface area contributed by atoms with Gasteiger partial charge in [0.25, 0.3) is 0 Å². The molecule has 3 N–H and O–H groups in total. The minimum atomic E-state index is -0.615. The Balaban J connectivity index is 1.90. The third kappa shape index (κ3) is 5.01. The van der Waals surface area contributed by atoms with Crippen molar-refractivity contribution in [2.24, 2.45) is 0 Å². The number of phenolic OH excluding ortho intramolecular Hbond substituents is 1. The number of ether oxygens (including phenoxy) is 2. The number of rotatable bonds is 6. The number of hydrogen-bond donors (Lipinski definition) is 3. The summed E-state index contributed by atoms with van der Waals surface area (Å²) in [5, 5.41) is 12.3. The Kier molecular flexibility index (Phi) is 6.43. The fraction of sp³-hybridized carbons (Fsp3) is 0.375. The van der Waals surface area contributed by atoms with Crippen molar-refractivity contribution < 1.29 is 29.0 Å². The number of carbonyl (C=O) groups is 3. The molecule has 8 heteroatoms. The van der Waals surface area contributed by atoms with Gasteiger partial charge in [-0.25, -0.2) is 4.79 Å². The number of alkyl carbamates (subject to hydrolysis) is 1. The number of H-pyrrole nitrogens is 1. The summed E-state index contributed by atoms with van der Waals surface area (Å²) in [6, 6.07) is 6.04. The number of hydrogen-bond acceptors (Lipinski definition) is 6. The second-order valence-corrected chi connectivity index (χ2v) is 8.82. The topological polar surface area (TPSA) is 118 Å². The summed E-state index contributed by atoms with van der Waals surface area (Å²) in [4.78, 5) is 41.5. The average Bonchev–Trinajstić information content (AvgIpc) is 3.10. The Labute approximate surface area is 186 Å². The summed E-state index contributed by atoms with van der Waals surface area (Å²) < 4.78 is 11.0. The van der Waals surface area contributed by atoms with Gasteiger partial charge in [0, 0.05) is 12.7 Å². The van der Waals surface area contributed by atoms with Gasteiger partial charge in [-0.1, -0.05) is 12.1 Å². The number of benzene rings is 1. The van der Waals surface area contributed by atoms with Crippen LogP contribution in [0.15, 0.2) is 36.2 Å². The molecule has 2 aromatic rings. The summed E-state index contributed by atoms with van der Waals surface area (Å²) in [6.45, 7) is 9.09. The molecule has 0 radical (unpaired) electrons. The van der Waals surface area contributed by atoms with Crippen LogP contribution in [0, 0.1) is 0 Å². The first-order valence-electron chi connectivity index (χ1n) is 10.4. The van der Waals surface area contributed by atoms with Crippen molar-refractivity contribution in [2.45, 2.75) is 52.7 Å². The number of aromatic nitrogens is 1. The molecule has 1 aromatic carbocycles. The first-order valence-corrected chi connectivity index (χ1v) is 10.4. The third-order valence-electron chi connectivity index (χ3n) is 4.65. The summed E-state index contributed by atoms with van der Waals surface area (Å²) >= 11 is 0. The largest absolute Gasteiger partial charge is 0.508 e. The molecule has 8 nitrogen and oxygen atoms in total. The molecule has 0 unspecified atom stereocenters. The highest BCUT2D eigenvalue weighted by atomic mass is 16.6. The van der Waals surface area contributed by atoms with Crippen molar-refractivity contribution in [3.63, 3.8) is 0 Å². The molecular formula is C24H28N2O6. The SMILES string of the molecule is CC(C)OC1=C(c2ccc(O)cc2)C(=O)c2c(CCNC(=O)OC(C)(C)C)c[nH]c2C1=O. The Morgan fingerprint density at radius 3 is 2.38 bits per heavy atom. The molecule has 0 spiro atoms. The van der Waals surface area contributed by atoms with Crippen molar-refractivity contribution in [3.05, 3.63) is 58.6 Å². The van der Waals surface area contributed by atoms with Gasteiger partial charge < -0.3 is 24.9 Å². The van der Waals surface area contributed by atoms with Gasteiger partial charge in [-0.05, 0) is 64.3 Å². The maximum absolute atomic E-state index is 13.5. The maximum atomic E-state index is 13.5. The van der Waals surface area contributed by atoms with Crippen molar-refractivity contribution in [2.75, 3.05) is 6.54 Å². The van der Waals surface area contributed by atoms with Gasteiger partial charge >= 0.3 is 6.09 Å². The monoisotopic (exact) mass is 440 g/mol. The van der Waals surface area contributed by atoms with E-state index in [9.17, 15) is 19.5 Å². The standard InChI is InChI=1S/C24H28N2O6/c1-13(2)31-22-18(14-6-8-16(27)9-7-14)20(28)17-15(12-26-19(17)21(22)29)10-11-25-23(30)32-24(3,4)5/h6-9,12-13,26-27H,10-11H2,1-5H3,(H,25,30). The van der Waals surface area contributed by atoms with E-state index in [1.807, 2.05) is 0 Å². The zero-order chi connectivity index (χ0) is 23.6. The Bertz CT molecular complexity index is 1070. The number of ketones is 2. The van der Waals surface area contributed by atoms with Crippen LogP contribution in [0.3, 0.4) is 0 Å². The third-order valence-corrected chi connectivity index (χ3v) is 4.65. The molecule has 1 amide bonds. The molecule has 1 aliphatic carbocycles. The lowest BCUT2D eigenvalue weighted by atomic mass is 9.86. The van der Waals surface area contributed by atoms with Crippen molar-refractivity contribution in [3.8, 4) is 5.75 Å². The van der Waals surface area contributed by atoms with Gasteiger partial charge in [0.05, 0.1) is 17.2 Å². The van der Waals surface area contributed by atoms with E-state index in [-0.39, 0.29) is 46.8 Å². The quantitative estimate of drug-likeness (QED) is 0.625. The lowest BCUT2D eigenvalue weighted by Crippen LogP contribution is -2.33. The molecule has 1 heterocycles. The molecule has 32 heavy (non-hydrogen) atoms. The number of amides is 1. The molecule has 1 aliphatic rings. The van der Waals surface area contributed by atoms with Crippen LogP contribution in [0.25, 0.3) is 5.57 Å². The van der Waals surface area contributed by atoms with E-state index < -0.39 is 17.5 Å². The van der Waals surface area contributed by atoms with E-state index in [1.165, 1.54) is 12.1 Å². The smallest absolute Gasteiger partial charge is 0.407 e. The highest BCUT2D eigenvalue weighted by molar-refractivity contribution is 6.40. The highest BCUT2D eigenvalue weighted by Crippen LogP contribution is 2.35. The summed E-state index contributed by atoms with van der Waals surface area (Å²) in [7, 11) is 0. The van der Waals surface area contributed by atoms with Gasteiger partial charge in [0.2, 0.25) is 5.78 Å². The Morgan fingerprint density at radius 1 is 1.12 bits per heavy atom. The number of phenols is 1. The molecule has 0 bridgehead atoms. The van der Waals surface area contributed by atoms with Crippen LogP contribution in [0.2, 0.25) is 0 Å². The molecule has 1 aromatic heterocycles. The fourth-order valence-corrected chi connectivity index (χ4v) is 3.41. The van der Waals surface area contributed by atoms with Crippen LogP contribution in [-0.4, -0.2) is 46.0 Å². The van der Waals surface area contributed by atoms with Gasteiger partial charge in [0.1, 0.15) is 17.0 Å². The number of allylic oxidation sites excluding steroid dienone is 2. The van der Waals surface area contributed by atoms with Crippen LogP contribution in [0.5, 0.6) is 5.75 Å². The molecule has 3 rings (SSSR count). The number of nitrogens with one attached hydrogen (secondary N) is 2. The molecule has 0 fully saturated rings. The van der Waals surface area contributed by atoms with Crippen molar-refractivity contribution >= 4 is 23.2 Å². The second-order valence-electron chi connectivity index (χ2n) is 8.82. The predicted octanol–water partition coefficient (Wildman–Crippen LogP) is 4.00. The Hall–Kier alpha value is -3.55. The molecule has 0 atom stereocenters. The van der Waals surface area contributed by atoms with Crippen LogP contribution in [-0.2, 0) is 15.9 Å². The number of fused-ring (bicyclic) bond motifs is 1. The minimum Gasteiger partial charge on any atom is -0.508 e. The predicted molar refractivity (Wildman–Crippen MR) is 119 cm³/mol. The minimum absolute atomic E-state index is 0.0246. The molecule has 0 aliphatic heterocycles. The van der Waals surface area contributed by atoms with Crippen LogP contribution in [0.1, 0.15) is 66.6 Å². The summed E-state index contributed by atoms with van der Waals surface area (Å²) in [6.07, 6.45) is 1.06. The van der Waals surface area contributed by atoms with E-state index in [0.717, 1.165) is 0 Å². The molecule has 0 saturated carbocycles. The molecule has 0 saturated heterocycles. The van der Waals surface area contributed by atoms with Crippen LogP contribution in [0.4, 0.5) is 4.79 Å². The number of Topliss-reactive ketones (excluding diaryl/α,β-unsaturated/α-hetero) is 2.